The SMILES string of the molecule is CCC(=O)Nc1ccc(NCC(=O)Nc2ccccc2OC)cc1. The van der Waals surface area contributed by atoms with Gasteiger partial charge in [-0.25, -0.2) is 0 Å². The zero-order valence-electron chi connectivity index (χ0n) is 13.8. The lowest BCUT2D eigenvalue weighted by atomic mass is 10.2. The van der Waals surface area contributed by atoms with Crippen molar-refractivity contribution in [2.24, 2.45) is 0 Å². The molecule has 0 heterocycles. The first-order valence-corrected chi connectivity index (χ1v) is 7.69. The van der Waals surface area contributed by atoms with Crippen LogP contribution in [0.2, 0.25) is 0 Å². The van der Waals surface area contributed by atoms with E-state index in [4.69, 9.17) is 4.74 Å². The van der Waals surface area contributed by atoms with E-state index in [1.54, 1.807) is 38.3 Å². The molecule has 0 fully saturated rings. The minimum Gasteiger partial charge on any atom is -0.495 e. The average molecular weight is 327 g/mol. The predicted molar refractivity (Wildman–Crippen MR) is 95.5 cm³/mol. The Morgan fingerprint density at radius 1 is 0.917 bits per heavy atom. The van der Waals surface area contributed by atoms with Crippen LogP contribution in [-0.2, 0) is 9.59 Å². The van der Waals surface area contributed by atoms with Crippen molar-refractivity contribution < 1.29 is 14.3 Å². The molecule has 0 bridgehead atoms. The van der Waals surface area contributed by atoms with Crippen LogP contribution in [0.15, 0.2) is 48.5 Å². The third kappa shape index (κ3) is 5.01. The first-order chi connectivity index (χ1) is 11.6. The van der Waals surface area contributed by atoms with Gasteiger partial charge in [-0.1, -0.05) is 19.1 Å². The Kier molecular flexibility index (Phi) is 6.19. The Labute approximate surface area is 141 Å². The van der Waals surface area contributed by atoms with E-state index in [9.17, 15) is 9.59 Å². The van der Waals surface area contributed by atoms with E-state index in [0.29, 0.717) is 17.9 Å². The second-order valence-electron chi connectivity index (χ2n) is 5.08. The van der Waals surface area contributed by atoms with E-state index in [0.717, 1.165) is 11.4 Å². The second kappa shape index (κ2) is 8.57. The van der Waals surface area contributed by atoms with Crippen molar-refractivity contribution in [3.63, 3.8) is 0 Å². The summed E-state index contributed by atoms with van der Waals surface area (Å²) in [5.74, 6) is 0.400. The Balaban J connectivity index is 1.86. The Hall–Kier alpha value is -3.02. The molecule has 0 radical (unpaired) electrons. The maximum Gasteiger partial charge on any atom is 0.243 e. The molecule has 2 aromatic carbocycles. The van der Waals surface area contributed by atoms with Crippen molar-refractivity contribution in [2.45, 2.75) is 13.3 Å². The minimum absolute atomic E-state index is 0.0353. The molecule has 0 saturated carbocycles. The van der Waals surface area contributed by atoms with Crippen LogP contribution < -0.4 is 20.7 Å². The van der Waals surface area contributed by atoms with Gasteiger partial charge < -0.3 is 20.7 Å². The number of para-hydroxylation sites is 2. The van der Waals surface area contributed by atoms with E-state index in [1.165, 1.54) is 0 Å². The first-order valence-electron chi connectivity index (χ1n) is 7.69. The van der Waals surface area contributed by atoms with E-state index >= 15 is 0 Å². The maximum atomic E-state index is 12.0. The number of hydrogen-bond donors (Lipinski definition) is 3. The van der Waals surface area contributed by atoms with Crippen molar-refractivity contribution in [2.75, 3.05) is 29.6 Å². The number of amides is 2. The van der Waals surface area contributed by atoms with Crippen LogP contribution in [0.1, 0.15) is 13.3 Å². The first kappa shape index (κ1) is 17.3. The van der Waals surface area contributed by atoms with Gasteiger partial charge in [-0.05, 0) is 36.4 Å². The molecular formula is C18H21N3O3. The highest BCUT2D eigenvalue weighted by Crippen LogP contribution is 2.22. The molecule has 2 amide bonds. The van der Waals surface area contributed by atoms with E-state index in [1.807, 2.05) is 24.3 Å². The average Bonchev–Trinajstić information content (AvgIpc) is 2.61. The van der Waals surface area contributed by atoms with Gasteiger partial charge in [0.05, 0.1) is 19.3 Å². The third-order valence-electron chi connectivity index (χ3n) is 3.32. The third-order valence-corrected chi connectivity index (χ3v) is 3.32. The van der Waals surface area contributed by atoms with Crippen LogP contribution in [0.25, 0.3) is 0 Å². The summed E-state index contributed by atoms with van der Waals surface area (Å²) in [6.45, 7) is 1.92. The molecule has 0 saturated heterocycles. The fourth-order valence-corrected chi connectivity index (χ4v) is 2.05. The largest absolute Gasteiger partial charge is 0.495 e. The summed E-state index contributed by atoms with van der Waals surface area (Å²) in [4.78, 5) is 23.3. The van der Waals surface area contributed by atoms with Gasteiger partial charge in [0.15, 0.2) is 0 Å². The van der Waals surface area contributed by atoms with E-state index < -0.39 is 0 Å². The van der Waals surface area contributed by atoms with Gasteiger partial charge >= 0.3 is 0 Å². The number of hydrogen-bond acceptors (Lipinski definition) is 4. The normalized spacial score (nSPS) is 9.92. The molecule has 0 aliphatic rings. The summed E-state index contributed by atoms with van der Waals surface area (Å²) in [7, 11) is 1.56. The lowest BCUT2D eigenvalue weighted by molar-refractivity contribution is -0.116. The molecule has 0 unspecified atom stereocenters. The fraction of sp³-hybridized carbons (Fsp3) is 0.222. The molecule has 126 valence electrons. The van der Waals surface area contributed by atoms with Crippen molar-refractivity contribution in [3.8, 4) is 5.75 Å². The summed E-state index contributed by atoms with van der Waals surface area (Å²) in [6.07, 6.45) is 0.434. The van der Waals surface area contributed by atoms with Crippen LogP contribution in [-0.4, -0.2) is 25.5 Å². The number of ether oxygens (including phenoxy) is 1. The van der Waals surface area contributed by atoms with Crippen molar-refractivity contribution in [3.05, 3.63) is 48.5 Å². The lowest BCUT2D eigenvalue weighted by Gasteiger charge is -2.11. The monoisotopic (exact) mass is 327 g/mol. The van der Waals surface area contributed by atoms with Gasteiger partial charge in [0, 0.05) is 17.8 Å². The lowest BCUT2D eigenvalue weighted by Crippen LogP contribution is -2.22. The van der Waals surface area contributed by atoms with Crippen molar-refractivity contribution >= 4 is 28.9 Å². The number of rotatable bonds is 7. The Morgan fingerprint density at radius 3 is 2.25 bits per heavy atom. The predicted octanol–water partition coefficient (Wildman–Crippen LogP) is 3.09. The second-order valence-corrected chi connectivity index (χ2v) is 5.08. The van der Waals surface area contributed by atoms with Crippen molar-refractivity contribution in [1.82, 2.24) is 0 Å². The van der Waals surface area contributed by atoms with Crippen LogP contribution in [0, 0.1) is 0 Å². The standard InChI is InChI=1S/C18H21N3O3/c1-3-17(22)20-14-10-8-13(9-11-14)19-12-18(23)21-15-6-4-5-7-16(15)24-2/h4-11,19H,3,12H2,1-2H3,(H,20,22)(H,21,23). The van der Waals surface area contributed by atoms with Gasteiger partial charge in [0.1, 0.15) is 5.75 Å². The molecule has 3 N–H and O–H groups in total. The van der Waals surface area contributed by atoms with E-state index in [2.05, 4.69) is 16.0 Å². The number of nitrogens with one attached hydrogen (secondary N) is 3. The molecule has 0 aliphatic heterocycles. The molecule has 0 atom stereocenters. The Bertz CT molecular complexity index is 699. The van der Waals surface area contributed by atoms with E-state index in [-0.39, 0.29) is 18.4 Å². The molecule has 2 rings (SSSR count). The van der Waals surface area contributed by atoms with Gasteiger partial charge in [0.25, 0.3) is 0 Å². The summed E-state index contributed by atoms with van der Waals surface area (Å²) >= 11 is 0. The molecule has 0 aromatic heterocycles. The summed E-state index contributed by atoms with van der Waals surface area (Å²) in [6, 6.07) is 14.4. The van der Waals surface area contributed by atoms with Crippen LogP contribution >= 0.6 is 0 Å². The minimum atomic E-state index is -0.178. The number of carbonyl (C=O) groups is 2. The van der Waals surface area contributed by atoms with Crippen LogP contribution in [0.5, 0.6) is 5.75 Å². The van der Waals surface area contributed by atoms with Crippen LogP contribution in [0.3, 0.4) is 0 Å². The highest BCUT2D eigenvalue weighted by atomic mass is 16.5. The number of methoxy groups -OCH3 is 1. The van der Waals surface area contributed by atoms with Crippen molar-refractivity contribution in [1.29, 1.82) is 0 Å². The van der Waals surface area contributed by atoms with Crippen LogP contribution in [0.4, 0.5) is 17.1 Å². The maximum absolute atomic E-state index is 12.0. The Morgan fingerprint density at radius 2 is 1.58 bits per heavy atom. The smallest absolute Gasteiger partial charge is 0.243 e. The highest BCUT2D eigenvalue weighted by Gasteiger charge is 2.06. The molecular weight excluding hydrogens is 306 g/mol. The molecule has 24 heavy (non-hydrogen) atoms. The quantitative estimate of drug-likeness (QED) is 0.730. The van der Waals surface area contributed by atoms with Gasteiger partial charge in [-0.15, -0.1) is 0 Å². The topological polar surface area (TPSA) is 79.5 Å². The highest BCUT2D eigenvalue weighted by molar-refractivity contribution is 5.95. The zero-order chi connectivity index (χ0) is 17.4. The number of anilines is 3. The fourth-order valence-electron chi connectivity index (χ4n) is 2.05. The van der Waals surface area contributed by atoms with Gasteiger partial charge in [-0.3, -0.25) is 9.59 Å². The summed E-state index contributed by atoms with van der Waals surface area (Å²) < 4.78 is 5.19. The molecule has 2 aromatic rings. The number of carbonyl (C=O) groups excluding carboxylic acids is 2. The molecule has 0 spiro atoms. The molecule has 6 nitrogen and oxygen atoms in total. The number of benzene rings is 2. The summed E-state index contributed by atoms with van der Waals surface area (Å²) in [5.41, 5.74) is 2.15. The van der Waals surface area contributed by atoms with Gasteiger partial charge in [0.2, 0.25) is 11.8 Å². The molecule has 6 heteroatoms. The summed E-state index contributed by atoms with van der Waals surface area (Å²) in [5, 5.41) is 8.59. The van der Waals surface area contributed by atoms with Gasteiger partial charge in [-0.2, -0.15) is 0 Å². The molecule has 0 aliphatic carbocycles. The zero-order valence-corrected chi connectivity index (χ0v) is 13.8.